The average molecular weight is 559 g/mol. The molecule has 212 valence electrons. The highest BCUT2D eigenvalue weighted by molar-refractivity contribution is 5.82. The Bertz CT molecular complexity index is 1630. The third-order valence-corrected chi connectivity index (χ3v) is 6.61. The lowest BCUT2D eigenvalue weighted by molar-refractivity contribution is 0.324. The van der Waals surface area contributed by atoms with Crippen molar-refractivity contribution in [3.63, 3.8) is 0 Å². The third kappa shape index (κ3) is 4.86. The van der Waals surface area contributed by atoms with Crippen LogP contribution in [0.1, 0.15) is 5.69 Å². The van der Waals surface area contributed by atoms with Gasteiger partial charge in [0.25, 0.3) is 5.89 Å². The highest BCUT2D eigenvalue weighted by Gasteiger charge is 2.26. The molecule has 0 radical (unpaired) electrons. The molecule has 2 aromatic heterocycles. The number of hydrogen-bond acceptors (Lipinski definition) is 10. The predicted molar refractivity (Wildman–Crippen MR) is 152 cm³/mol. The maximum atomic E-state index is 6.26. The lowest BCUT2D eigenvalue weighted by Crippen LogP contribution is -1.99. The first-order chi connectivity index (χ1) is 20.0. The van der Waals surface area contributed by atoms with E-state index in [0.717, 1.165) is 11.4 Å². The van der Waals surface area contributed by atoms with Crippen LogP contribution in [0.2, 0.25) is 0 Å². The summed E-state index contributed by atoms with van der Waals surface area (Å²) in [6.45, 7) is 1.94. The van der Waals surface area contributed by atoms with Gasteiger partial charge >= 0.3 is 0 Å². The van der Waals surface area contributed by atoms with Crippen LogP contribution < -0.4 is 28.4 Å². The average Bonchev–Trinajstić information content (AvgIpc) is 3.64. The van der Waals surface area contributed by atoms with Crippen molar-refractivity contribution in [1.29, 1.82) is 0 Å². The molecule has 0 fully saturated rings. The van der Waals surface area contributed by atoms with Crippen molar-refractivity contribution in [1.82, 2.24) is 20.0 Å². The molecule has 11 heteroatoms. The number of rotatable bonds is 10. The van der Waals surface area contributed by atoms with Crippen LogP contribution in [0.4, 0.5) is 0 Å². The van der Waals surface area contributed by atoms with Gasteiger partial charge in [0.2, 0.25) is 17.4 Å². The lowest BCUT2D eigenvalue weighted by Gasteiger charge is -2.13. The molecule has 0 bridgehead atoms. The summed E-state index contributed by atoms with van der Waals surface area (Å²) in [7, 11) is 9.33. The molecule has 0 saturated heterocycles. The van der Waals surface area contributed by atoms with Gasteiger partial charge in [0, 0.05) is 11.1 Å². The number of nitrogens with zero attached hydrogens (tertiary/aromatic N) is 4. The molecule has 0 amide bonds. The summed E-state index contributed by atoms with van der Waals surface area (Å²) in [5.41, 5.74) is 4.20. The molecule has 0 unspecified atom stereocenters. The van der Waals surface area contributed by atoms with E-state index in [0.29, 0.717) is 56.9 Å². The summed E-state index contributed by atoms with van der Waals surface area (Å²) in [5.74, 6) is 3.39. The first-order valence-electron chi connectivity index (χ1n) is 12.6. The SMILES string of the molecule is COc1cc(-c2nnc(-c3c(-c4cc(OC)c(OC)c(OC)c4)nn(-c4ccccc4)c3C)o2)cc(OC)c1OC. The molecule has 0 saturated carbocycles. The minimum absolute atomic E-state index is 0.266. The summed E-state index contributed by atoms with van der Waals surface area (Å²) in [4.78, 5) is 0. The van der Waals surface area contributed by atoms with Gasteiger partial charge in [-0.25, -0.2) is 4.68 Å². The van der Waals surface area contributed by atoms with Gasteiger partial charge in [-0.05, 0) is 43.3 Å². The zero-order valence-corrected chi connectivity index (χ0v) is 23.8. The van der Waals surface area contributed by atoms with Crippen molar-refractivity contribution in [3.05, 3.63) is 60.3 Å². The van der Waals surface area contributed by atoms with Crippen molar-refractivity contribution >= 4 is 0 Å². The lowest BCUT2D eigenvalue weighted by atomic mass is 10.0. The molecule has 5 rings (SSSR count). The maximum Gasteiger partial charge on any atom is 0.252 e. The van der Waals surface area contributed by atoms with Crippen molar-refractivity contribution in [2.24, 2.45) is 0 Å². The van der Waals surface area contributed by atoms with Crippen LogP contribution in [-0.4, -0.2) is 62.6 Å². The Labute approximate surface area is 237 Å². The third-order valence-electron chi connectivity index (χ3n) is 6.61. The van der Waals surface area contributed by atoms with Crippen molar-refractivity contribution in [3.8, 4) is 74.4 Å². The number of methoxy groups -OCH3 is 6. The van der Waals surface area contributed by atoms with Crippen molar-refractivity contribution in [2.45, 2.75) is 6.92 Å². The summed E-state index contributed by atoms with van der Waals surface area (Å²) < 4.78 is 41.3. The van der Waals surface area contributed by atoms with Crippen LogP contribution in [0.25, 0.3) is 39.9 Å². The molecular formula is C30H30N4O7. The summed E-state index contributed by atoms with van der Waals surface area (Å²) in [5, 5.41) is 13.7. The first kappa shape index (κ1) is 27.4. The Morgan fingerprint density at radius 3 is 1.59 bits per heavy atom. The van der Waals surface area contributed by atoms with Gasteiger partial charge in [0.05, 0.1) is 59.6 Å². The molecule has 0 aliphatic heterocycles. The van der Waals surface area contributed by atoms with Crippen LogP contribution in [0, 0.1) is 6.92 Å². The fourth-order valence-corrected chi connectivity index (χ4v) is 4.64. The zero-order chi connectivity index (χ0) is 29.1. The molecule has 3 aromatic carbocycles. The predicted octanol–water partition coefficient (Wildman–Crippen LogP) is 5.62. The molecular weight excluding hydrogens is 528 g/mol. The second kappa shape index (κ2) is 11.5. The van der Waals surface area contributed by atoms with E-state index >= 15 is 0 Å². The van der Waals surface area contributed by atoms with Gasteiger partial charge in [-0.3, -0.25) is 0 Å². The second-order valence-corrected chi connectivity index (χ2v) is 8.80. The van der Waals surface area contributed by atoms with Crippen LogP contribution >= 0.6 is 0 Å². The fraction of sp³-hybridized carbons (Fsp3) is 0.233. The molecule has 0 aliphatic rings. The molecule has 0 N–H and O–H groups in total. The summed E-state index contributed by atoms with van der Waals surface area (Å²) >= 11 is 0. The quantitative estimate of drug-likeness (QED) is 0.214. The Kier molecular flexibility index (Phi) is 7.68. The Hall–Kier alpha value is -5.19. The number of ether oxygens (including phenoxy) is 6. The topological polar surface area (TPSA) is 112 Å². The summed E-state index contributed by atoms with van der Waals surface area (Å²) in [6, 6.07) is 16.9. The van der Waals surface area contributed by atoms with Gasteiger partial charge < -0.3 is 32.8 Å². The monoisotopic (exact) mass is 558 g/mol. The van der Waals surface area contributed by atoms with E-state index in [1.165, 1.54) is 0 Å². The molecule has 2 heterocycles. The number of hydrogen-bond donors (Lipinski definition) is 0. The van der Waals surface area contributed by atoms with Crippen molar-refractivity contribution < 1.29 is 32.8 Å². The van der Waals surface area contributed by atoms with E-state index in [9.17, 15) is 0 Å². The largest absolute Gasteiger partial charge is 0.493 e. The number of aromatic nitrogens is 4. The smallest absolute Gasteiger partial charge is 0.252 e. The Balaban J connectivity index is 1.71. The highest BCUT2D eigenvalue weighted by Crippen LogP contribution is 2.45. The van der Waals surface area contributed by atoms with E-state index < -0.39 is 0 Å². The van der Waals surface area contributed by atoms with E-state index in [4.69, 9.17) is 37.9 Å². The molecule has 0 atom stereocenters. The Morgan fingerprint density at radius 1 is 0.610 bits per heavy atom. The number of para-hydroxylation sites is 1. The van der Waals surface area contributed by atoms with Gasteiger partial charge in [-0.2, -0.15) is 5.10 Å². The molecule has 0 aliphatic carbocycles. The zero-order valence-electron chi connectivity index (χ0n) is 23.8. The van der Waals surface area contributed by atoms with Crippen molar-refractivity contribution in [2.75, 3.05) is 42.7 Å². The van der Waals surface area contributed by atoms with Gasteiger partial charge in [0.1, 0.15) is 5.69 Å². The minimum Gasteiger partial charge on any atom is -0.493 e. The van der Waals surface area contributed by atoms with E-state index in [2.05, 4.69) is 10.2 Å². The standard InChI is InChI=1S/C30H30N4O7/c1-17-25(30-32-31-29(41-30)19-15-23(37-4)28(40-7)24(16-19)38-5)26(33-34(17)20-11-9-8-10-12-20)18-13-21(35-2)27(39-6)22(14-18)36-3/h8-16H,1-7H3. The minimum atomic E-state index is 0.266. The van der Waals surface area contributed by atoms with Gasteiger partial charge in [-0.1, -0.05) is 18.2 Å². The molecule has 41 heavy (non-hydrogen) atoms. The van der Waals surface area contributed by atoms with Gasteiger partial charge in [-0.15, -0.1) is 10.2 Å². The molecule has 0 spiro atoms. The molecule has 5 aromatic rings. The highest BCUT2D eigenvalue weighted by atomic mass is 16.5. The first-order valence-corrected chi connectivity index (χ1v) is 12.6. The Morgan fingerprint density at radius 2 is 1.10 bits per heavy atom. The van der Waals surface area contributed by atoms with E-state index in [1.807, 2.05) is 54.1 Å². The van der Waals surface area contributed by atoms with Crippen LogP contribution in [0.15, 0.2) is 59.0 Å². The number of benzene rings is 3. The van der Waals surface area contributed by atoms with Crippen LogP contribution in [0.5, 0.6) is 34.5 Å². The maximum absolute atomic E-state index is 6.26. The molecule has 11 nitrogen and oxygen atoms in total. The second-order valence-electron chi connectivity index (χ2n) is 8.80. The normalized spacial score (nSPS) is 10.8. The fourth-order valence-electron chi connectivity index (χ4n) is 4.64. The van der Waals surface area contributed by atoms with Gasteiger partial charge in [0.15, 0.2) is 23.0 Å². The van der Waals surface area contributed by atoms with E-state index in [1.54, 1.807) is 54.8 Å². The van der Waals surface area contributed by atoms with Crippen LogP contribution in [-0.2, 0) is 0 Å². The van der Waals surface area contributed by atoms with E-state index in [-0.39, 0.29) is 11.8 Å². The van der Waals surface area contributed by atoms with Crippen LogP contribution in [0.3, 0.4) is 0 Å². The summed E-state index contributed by atoms with van der Waals surface area (Å²) in [6.07, 6.45) is 0.